The molecule has 0 fully saturated rings. The van der Waals surface area contributed by atoms with Gasteiger partial charge in [-0.2, -0.15) is 5.10 Å². The van der Waals surface area contributed by atoms with Gasteiger partial charge in [0, 0.05) is 21.1 Å². The van der Waals surface area contributed by atoms with Crippen molar-refractivity contribution in [2.24, 2.45) is 5.10 Å². The minimum Gasteiger partial charge on any atom is -0.454 e. The molecule has 1 heterocycles. The lowest BCUT2D eigenvalue weighted by atomic mass is 10.1. The molecular formula is C20H16BrN3O3. The van der Waals surface area contributed by atoms with Crippen LogP contribution in [-0.4, -0.2) is 25.5 Å². The van der Waals surface area contributed by atoms with E-state index in [0.29, 0.717) is 11.5 Å². The van der Waals surface area contributed by atoms with Crippen LogP contribution in [0.5, 0.6) is 11.5 Å². The van der Waals surface area contributed by atoms with Crippen LogP contribution in [0.1, 0.15) is 5.56 Å². The first kappa shape index (κ1) is 17.4. The first-order valence-electron chi connectivity index (χ1n) is 8.33. The molecule has 6 nitrogen and oxygen atoms in total. The number of rotatable bonds is 5. The summed E-state index contributed by atoms with van der Waals surface area (Å²) in [4.78, 5) is 12.1. The molecule has 136 valence electrons. The molecule has 0 saturated heterocycles. The third kappa shape index (κ3) is 3.88. The van der Waals surface area contributed by atoms with Gasteiger partial charge in [0.25, 0.3) is 5.91 Å². The lowest BCUT2D eigenvalue weighted by Crippen LogP contribution is -2.25. The molecule has 0 saturated carbocycles. The smallest absolute Gasteiger partial charge is 0.259 e. The van der Waals surface area contributed by atoms with Crippen LogP contribution in [0.25, 0.3) is 10.8 Å². The monoisotopic (exact) mass is 425 g/mol. The molecular weight excluding hydrogens is 410 g/mol. The molecule has 1 aliphatic rings. The number of hydrazone groups is 1. The molecule has 1 aliphatic heterocycles. The molecule has 1 amide bonds. The largest absolute Gasteiger partial charge is 0.454 e. The van der Waals surface area contributed by atoms with Crippen LogP contribution in [0.2, 0.25) is 0 Å². The maximum absolute atomic E-state index is 12.1. The molecule has 0 atom stereocenters. The predicted octanol–water partition coefficient (Wildman–Crippen LogP) is 3.89. The zero-order valence-electron chi connectivity index (χ0n) is 14.2. The van der Waals surface area contributed by atoms with Crippen LogP contribution in [0, 0.1) is 0 Å². The Morgan fingerprint density at radius 2 is 1.89 bits per heavy atom. The van der Waals surface area contributed by atoms with Gasteiger partial charge >= 0.3 is 0 Å². The zero-order valence-corrected chi connectivity index (χ0v) is 15.8. The maximum atomic E-state index is 12.1. The molecule has 27 heavy (non-hydrogen) atoms. The van der Waals surface area contributed by atoms with Crippen molar-refractivity contribution in [1.82, 2.24) is 5.43 Å². The summed E-state index contributed by atoms with van der Waals surface area (Å²) in [5.41, 5.74) is 4.21. The van der Waals surface area contributed by atoms with E-state index in [9.17, 15) is 4.79 Å². The van der Waals surface area contributed by atoms with Crippen molar-refractivity contribution >= 4 is 44.5 Å². The van der Waals surface area contributed by atoms with Gasteiger partial charge in [0.05, 0.1) is 12.8 Å². The van der Waals surface area contributed by atoms with Gasteiger partial charge in [0.15, 0.2) is 11.5 Å². The van der Waals surface area contributed by atoms with Crippen LogP contribution in [-0.2, 0) is 4.79 Å². The normalized spacial score (nSPS) is 12.5. The van der Waals surface area contributed by atoms with Crippen molar-refractivity contribution in [2.75, 3.05) is 18.7 Å². The van der Waals surface area contributed by atoms with Crippen molar-refractivity contribution in [2.45, 2.75) is 0 Å². The number of carbonyl (C=O) groups excluding carboxylic acids is 1. The molecule has 0 bridgehead atoms. The van der Waals surface area contributed by atoms with Crippen molar-refractivity contribution in [3.63, 3.8) is 0 Å². The summed E-state index contributed by atoms with van der Waals surface area (Å²) in [5, 5.41) is 9.35. The summed E-state index contributed by atoms with van der Waals surface area (Å²) in [6, 6.07) is 17.6. The number of carbonyl (C=O) groups is 1. The Hall–Kier alpha value is -3.06. The molecule has 0 radical (unpaired) electrons. The first-order chi connectivity index (χ1) is 13.2. The highest BCUT2D eigenvalue weighted by molar-refractivity contribution is 9.10. The first-order valence-corrected chi connectivity index (χ1v) is 9.13. The van der Waals surface area contributed by atoms with E-state index in [1.165, 1.54) is 0 Å². The van der Waals surface area contributed by atoms with Crippen LogP contribution in [0.4, 0.5) is 5.69 Å². The lowest BCUT2D eigenvalue weighted by molar-refractivity contribution is -0.119. The van der Waals surface area contributed by atoms with Gasteiger partial charge in [-0.1, -0.05) is 36.4 Å². The summed E-state index contributed by atoms with van der Waals surface area (Å²) >= 11 is 3.45. The van der Waals surface area contributed by atoms with Crippen LogP contribution < -0.4 is 20.2 Å². The number of amides is 1. The van der Waals surface area contributed by atoms with E-state index in [0.717, 1.165) is 26.5 Å². The fourth-order valence-corrected chi connectivity index (χ4v) is 3.22. The standard InChI is InChI=1S/C20H16BrN3O3/c21-16-9-19-18(26-12-27-19)8-14(16)10-23-24-20(25)11-22-17-7-3-5-13-4-1-2-6-15(13)17/h1-10,22H,11-12H2,(H,24,25)/b23-10-. The Kier molecular flexibility index (Phi) is 4.93. The van der Waals surface area contributed by atoms with Gasteiger partial charge in [-0.15, -0.1) is 0 Å². The van der Waals surface area contributed by atoms with E-state index in [1.807, 2.05) is 48.5 Å². The van der Waals surface area contributed by atoms with Crippen LogP contribution in [0.3, 0.4) is 0 Å². The van der Waals surface area contributed by atoms with E-state index >= 15 is 0 Å². The number of nitrogens with one attached hydrogen (secondary N) is 2. The fraction of sp³-hybridized carbons (Fsp3) is 0.100. The Bertz CT molecular complexity index is 1030. The number of benzene rings is 3. The summed E-state index contributed by atoms with van der Waals surface area (Å²) in [6.07, 6.45) is 1.56. The molecule has 0 aromatic heterocycles. The lowest BCUT2D eigenvalue weighted by Gasteiger charge is -2.08. The van der Waals surface area contributed by atoms with Crippen molar-refractivity contribution in [1.29, 1.82) is 0 Å². The van der Waals surface area contributed by atoms with E-state index in [2.05, 4.69) is 31.8 Å². The second kappa shape index (κ2) is 7.67. The summed E-state index contributed by atoms with van der Waals surface area (Å²) < 4.78 is 11.5. The second-order valence-corrected chi connectivity index (χ2v) is 6.75. The maximum Gasteiger partial charge on any atom is 0.259 e. The highest BCUT2D eigenvalue weighted by Gasteiger charge is 2.15. The Labute approximate surface area is 164 Å². The highest BCUT2D eigenvalue weighted by atomic mass is 79.9. The van der Waals surface area contributed by atoms with Gasteiger partial charge in [-0.25, -0.2) is 5.43 Å². The van der Waals surface area contributed by atoms with Gasteiger partial charge in [-0.3, -0.25) is 4.79 Å². The average molecular weight is 426 g/mol. The quantitative estimate of drug-likeness (QED) is 0.480. The summed E-state index contributed by atoms with van der Waals surface area (Å²) in [7, 11) is 0. The van der Waals surface area contributed by atoms with E-state index in [1.54, 1.807) is 12.3 Å². The Morgan fingerprint density at radius 3 is 2.78 bits per heavy atom. The molecule has 0 spiro atoms. The molecule has 0 unspecified atom stereocenters. The number of ether oxygens (including phenoxy) is 2. The Morgan fingerprint density at radius 1 is 1.11 bits per heavy atom. The molecule has 4 rings (SSSR count). The molecule has 7 heteroatoms. The number of halogens is 1. The number of anilines is 1. The van der Waals surface area contributed by atoms with Gasteiger partial charge < -0.3 is 14.8 Å². The predicted molar refractivity (Wildman–Crippen MR) is 108 cm³/mol. The zero-order chi connectivity index (χ0) is 18.6. The number of fused-ring (bicyclic) bond motifs is 2. The van der Waals surface area contributed by atoms with Crippen molar-refractivity contribution in [3.8, 4) is 11.5 Å². The third-order valence-corrected chi connectivity index (χ3v) is 4.80. The Balaban J connectivity index is 1.37. The van der Waals surface area contributed by atoms with Gasteiger partial charge in [0.2, 0.25) is 6.79 Å². The van der Waals surface area contributed by atoms with E-state index in [4.69, 9.17) is 9.47 Å². The molecule has 3 aromatic carbocycles. The van der Waals surface area contributed by atoms with E-state index < -0.39 is 0 Å². The molecule has 3 aromatic rings. The highest BCUT2D eigenvalue weighted by Crippen LogP contribution is 2.36. The number of hydrogen-bond acceptors (Lipinski definition) is 5. The second-order valence-electron chi connectivity index (χ2n) is 5.90. The topological polar surface area (TPSA) is 72.0 Å². The van der Waals surface area contributed by atoms with Crippen LogP contribution in [0.15, 0.2) is 64.2 Å². The third-order valence-electron chi connectivity index (χ3n) is 4.11. The van der Waals surface area contributed by atoms with Crippen LogP contribution >= 0.6 is 15.9 Å². The molecule has 2 N–H and O–H groups in total. The summed E-state index contributed by atoms with van der Waals surface area (Å²) in [6.45, 7) is 0.326. The van der Waals surface area contributed by atoms with Gasteiger partial charge in [-0.05, 0) is 39.5 Å². The SMILES string of the molecule is O=C(CNc1cccc2ccccc12)N/N=C\c1cc2c(cc1Br)OCO2. The molecule has 0 aliphatic carbocycles. The van der Waals surface area contributed by atoms with Crippen molar-refractivity contribution < 1.29 is 14.3 Å². The number of nitrogens with zero attached hydrogens (tertiary/aromatic N) is 1. The fourth-order valence-electron chi connectivity index (χ4n) is 2.80. The average Bonchev–Trinajstić information content (AvgIpc) is 3.13. The van der Waals surface area contributed by atoms with Gasteiger partial charge in [0.1, 0.15) is 0 Å². The van der Waals surface area contributed by atoms with E-state index in [-0.39, 0.29) is 19.2 Å². The number of hydrogen-bond donors (Lipinski definition) is 2. The van der Waals surface area contributed by atoms with Crippen molar-refractivity contribution in [3.05, 3.63) is 64.6 Å². The summed E-state index contributed by atoms with van der Waals surface area (Å²) in [5.74, 6) is 1.10. The minimum absolute atomic E-state index is 0.119. The minimum atomic E-state index is -0.240.